The molecule has 1 aromatic heterocycles. The molecule has 2 saturated carbocycles. The van der Waals surface area contributed by atoms with E-state index >= 15 is 0 Å². The van der Waals surface area contributed by atoms with Crippen LogP contribution in [0.4, 0.5) is 0 Å². The summed E-state index contributed by atoms with van der Waals surface area (Å²) in [4.78, 5) is 0. The molecular formula is C14H21BrN2O. The van der Waals surface area contributed by atoms with Crippen LogP contribution in [-0.4, -0.2) is 20.5 Å². The molecule has 1 N–H and O–H groups in total. The van der Waals surface area contributed by atoms with Crippen molar-refractivity contribution in [2.45, 2.75) is 51.0 Å². The van der Waals surface area contributed by atoms with Crippen molar-refractivity contribution in [3.05, 3.63) is 15.9 Å². The highest BCUT2D eigenvalue weighted by molar-refractivity contribution is 9.10. The average Bonchev–Trinajstić information content (AvgIpc) is 2.97. The maximum absolute atomic E-state index is 10.9. The topological polar surface area (TPSA) is 38.0 Å². The van der Waals surface area contributed by atoms with E-state index in [4.69, 9.17) is 0 Å². The Morgan fingerprint density at radius 1 is 1.50 bits per heavy atom. The predicted octanol–water partition coefficient (Wildman–Crippen LogP) is 2.84. The number of aryl methyl sites for hydroxylation is 2. The molecular weight excluding hydrogens is 292 g/mol. The van der Waals surface area contributed by atoms with Crippen LogP contribution in [-0.2, 0) is 19.9 Å². The number of aliphatic hydroxyl groups is 1. The van der Waals surface area contributed by atoms with E-state index in [0.717, 1.165) is 41.0 Å². The van der Waals surface area contributed by atoms with Crippen molar-refractivity contribution < 1.29 is 5.11 Å². The zero-order valence-corrected chi connectivity index (χ0v) is 12.7. The highest BCUT2D eigenvalue weighted by Crippen LogP contribution is 2.52. The van der Waals surface area contributed by atoms with Crippen LogP contribution in [0.1, 0.15) is 44.0 Å². The van der Waals surface area contributed by atoms with E-state index in [1.807, 2.05) is 11.7 Å². The summed E-state index contributed by atoms with van der Waals surface area (Å²) in [5, 5.41) is 15.4. The second-order valence-electron chi connectivity index (χ2n) is 6.05. The number of fused-ring (bicyclic) bond motifs is 2. The first-order valence-corrected chi connectivity index (χ1v) is 7.75. The zero-order chi connectivity index (χ0) is 12.9. The van der Waals surface area contributed by atoms with Gasteiger partial charge in [0.1, 0.15) is 0 Å². The lowest BCUT2D eigenvalue weighted by atomic mass is 9.81. The highest BCUT2D eigenvalue weighted by atomic mass is 79.9. The van der Waals surface area contributed by atoms with Crippen molar-refractivity contribution in [2.24, 2.45) is 18.9 Å². The number of nitrogens with zero attached hydrogens (tertiary/aromatic N) is 2. The Kier molecular flexibility index (Phi) is 3.06. The van der Waals surface area contributed by atoms with Gasteiger partial charge in [-0.3, -0.25) is 4.68 Å². The molecule has 2 aliphatic carbocycles. The van der Waals surface area contributed by atoms with Gasteiger partial charge in [0.25, 0.3) is 0 Å². The van der Waals surface area contributed by atoms with E-state index in [0.29, 0.717) is 5.92 Å². The fourth-order valence-electron chi connectivity index (χ4n) is 3.93. The molecule has 100 valence electrons. The van der Waals surface area contributed by atoms with Gasteiger partial charge in [-0.05, 0) is 59.9 Å². The normalized spacial score (nSPS) is 34.4. The van der Waals surface area contributed by atoms with Gasteiger partial charge in [-0.1, -0.05) is 6.92 Å². The lowest BCUT2D eigenvalue weighted by Crippen LogP contribution is -2.38. The lowest BCUT2D eigenvalue weighted by molar-refractivity contribution is -0.0141. The second kappa shape index (κ2) is 4.34. The Morgan fingerprint density at radius 3 is 2.78 bits per heavy atom. The molecule has 3 nitrogen and oxygen atoms in total. The summed E-state index contributed by atoms with van der Waals surface area (Å²) < 4.78 is 3.04. The molecule has 2 fully saturated rings. The fraction of sp³-hybridized carbons (Fsp3) is 0.786. The molecule has 2 aliphatic rings. The Hall–Kier alpha value is -0.350. The molecule has 1 aromatic rings. The van der Waals surface area contributed by atoms with Crippen molar-refractivity contribution in [1.82, 2.24) is 9.78 Å². The van der Waals surface area contributed by atoms with Crippen LogP contribution in [0.25, 0.3) is 0 Å². The summed E-state index contributed by atoms with van der Waals surface area (Å²) in [5.41, 5.74) is 1.77. The minimum atomic E-state index is -0.482. The molecule has 3 rings (SSSR count). The van der Waals surface area contributed by atoms with Gasteiger partial charge in [0.05, 0.1) is 21.5 Å². The van der Waals surface area contributed by atoms with E-state index < -0.39 is 5.60 Å². The van der Waals surface area contributed by atoms with Crippen LogP contribution in [0, 0.1) is 11.8 Å². The fourth-order valence-corrected chi connectivity index (χ4v) is 4.69. The predicted molar refractivity (Wildman–Crippen MR) is 74.4 cm³/mol. The van der Waals surface area contributed by atoms with Crippen LogP contribution >= 0.6 is 15.9 Å². The number of hydrogen-bond donors (Lipinski definition) is 1. The van der Waals surface area contributed by atoms with Gasteiger partial charge in [0.15, 0.2) is 0 Å². The molecule has 18 heavy (non-hydrogen) atoms. The maximum Gasteiger partial charge on any atom is 0.0766 e. The van der Waals surface area contributed by atoms with Gasteiger partial charge in [0.2, 0.25) is 0 Å². The Bertz CT molecular complexity index is 471. The molecule has 0 radical (unpaired) electrons. The first kappa shape index (κ1) is 12.7. The van der Waals surface area contributed by atoms with Crippen LogP contribution < -0.4 is 0 Å². The van der Waals surface area contributed by atoms with Gasteiger partial charge in [0, 0.05) is 13.5 Å². The first-order valence-electron chi connectivity index (χ1n) is 6.96. The van der Waals surface area contributed by atoms with E-state index in [9.17, 15) is 5.11 Å². The highest BCUT2D eigenvalue weighted by Gasteiger charge is 2.50. The monoisotopic (exact) mass is 312 g/mol. The van der Waals surface area contributed by atoms with E-state index in [2.05, 4.69) is 28.0 Å². The third kappa shape index (κ3) is 1.85. The number of aromatic nitrogens is 2. The van der Waals surface area contributed by atoms with Crippen molar-refractivity contribution in [3.63, 3.8) is 0 Å². The molecule has 0 aromatic carbocycles. The van der Waals surface area contributed by atoms with Crippen LogP contribution in [0.2, 0.25) is 0 Å². The van der Waals surface area contributed by atoms with Crippen molar-refractivity contribution in [1.29, 1.82) is 0 Å². The van der Waals surface area contributed by atoms with Crippen LogP contribution in [0.15, 0.2) is 4.47 Å². The van der Waals surface area contributed by atoms with Gasteiger partial charge in [-0.25, -0.2) is 0 Å². The standard InChI is InChI=1S/C14H21BrN2O/c1-3-11-13(15)12(17(2)16-11)8-14(18)7-9-4-5-10(14)6-9/h9-10,18H,3-8H2,1-2H3. The second-order valence-corrected chi connectivity index (χ2v) is 6.84. The number of rotatable bonds is 3. The quantitative estimate of drug-likeness (QED) is 0.932. The summed E-state index contributed by atoms with van der Waals surface area (Å²) in [6.45, 7) is 2.11. The summed E-state index contributed by atoms with van der Waals surface area (Å²) in [6, 6.07) is 0. The molecule has 3 atom stereocenters. The average molecular weight is 313 g/mol. The SMILES string of the molecule is CCc1nn(C)c(CC2(O)CC3CCC2C3)c1Br. The molecule has 0 aliphatic heterocycles. The molecule has 0 saturated heterocycles. The van der Waals surface area contributed by atoms with Crippen LogP contribution in [0.3, 0.4) is 0 Å². The van der Waals surface area contributed by atoms with E-state index in [1.54, 1.807) is 0 Å². The van der Waals surface area contributed by atoms with Crippen molar-refractivity contribution >= 4 is 15.9 Å². The Morgan fingerprint density at radius 2 is 2.28 bits per heavy atom. The first-order chi connectivity index (χ1) is 8.53. The minimum absolute atomic E-state index is 0.482. The number of halogens is 1. The molecule has 4 heteroatoms. The summed E-state index contributed by atoms with van der Waals surface area (Å²) >= 11 is 3.65. The van der Waals surface area contributed by atoms with Gasteiger partial charge < -0.3 is 5.11 Å². The smallest absolute Gasteiger partial charge is 0.0766 e. The van der Waals surface area contributed by atoms with Crippen LogP contribution in [0.5, 0.6) is 0 Å². The Balaban J connectivity index is 1.87. The molecule has 3 unspecified atom stereocenters. The lowest BCUT2D eigenvalue weighted by Gasteiger charge is -2.32. The minimum Gasteiger partial charge on any atom is -0.389 e. The van der Waals surface area contributed by atoms with Crippen molar-refractivity contribution in [2.75, 3.05) is 0 Å². The van der Waals surface area contributed by atoms with Gasteiger partial charge in [-0.2, -0.15) is 5.10 Å². The van der Waals surface area contributed by atoms with Gasteiger partial charge >= 0.3 is 0 Å². The summed E-state index contributed by atoms with van der Waals surface area (Å²) in [7, 11) is 1.98. The maximum atomic E-state index is 10.9. The van der Waals surface area contributed by atoms with E-state index in [1.165, 1.54) is 19.3 Å². The van der Waals surface area contributed by atoms with Crippen molar-refractivity contribution in [3.8, 4) is 0 Å². The third-order valence-corrected chi connectivity index (χ3v) is 5.84. The molecule has 2 bridgehead atoms. The van der Waals surface area contributed by atoms with Gasteiger partial charge in [-0.15, -0.1) is 0 Å². The van der Waals surface area contributed by atoms with E-state index in [-0.39, 0.29) is 0 Å². The number of hydrogen-bond acceptors (Lipinski definition) is 2. The molecule has 0 spiro atoms. The summed E-state index contributed by atoms with van der Waals surface area (Å²) in [6.07, 6.45) is 6.41. The molecule has 0 amide bonds. The molecule has 1 heterocycles. The largest absolute Gasteiger partial charge is 0.389 e. The Labute approximate surface area is 117 Å². The summed E-state index contributed by atoms with van der Waals surface area (Å²) in [5.74, 6) is 1.27. The zero-order valence-electron chi connectivity index (χ0n) is 11.1. The third-order valence-electron chi connectivity index (χ3n) is 4.92.